The quantitative estimate of drug-likeness (QED) is 0.280. The summed E-state index contributed by atoms with van der Waals surface area (Å²) in [6.07, 6.45) is 0. The molecule has 8 heteroatoms. The topological polar surface area (TPSA) is 79.5 Å². The zero-order chi connectivity index (χ0) is 20.8. The van der Waals surface area contributed by atoms with E-state index < -0.39 is 5.91 Å². The van der Waals surface area contributed by atoms with E-state index in [-0.39, 0.29) is 17.6 Å². The van der Waals surface area contributed by atoms with Crippen LogP contribution in [0.25, 0.3) is 10.8 Å². The number of benzene rings is 3. The Morgan fingerprint density at radius 2 is 1.76 bits per heavy atom. The fourth-order valence-electron chi connectivity index (χ4n) is 2.51. The van der Waals surface area contributed by atoms with Gasteiger partial charge in [0.15, 0.2) is 11.7 Å². The van der Waals surface area contributed by atoms with Crippen molar-refractivity contribution in [3.05, 3.63) is 75.4 Å². The molecule has 3 aromatic carbocycles. The number of carbonyl (C=O) groups excluding carboxylic acids is 2. The molecule has 0 saturated heterocycles. The standard InChI is InChI=1S/C21H18IN3O3S/c1-13-6-7-16(11-18(13)22)20(27)23-21(29)25-24-19(26)12-28-17-9-8-14-4-2-3-5-15(14)10-17/h2-11H,12H2,1H3,(H,24,26)(H2,23,25,27,29). The first-order valence-corrected chi connectivity index (χ1v) is 10.2. The highest BCUT2D eigenvalue weighted by molar-refractivity contribution is 14.1. The third kappa shape index (κ3) is 5.88. The molecule has 0 bridgehead atoms. The molecule has 0 unspecified atom stereocenters. The molecule has 3 rings (SSSR count). The minimum atomic E-state index is -0.431. The van der Waals surface area contributed by atoms with E-state index in [0.717, 1.165) is 19.9 Å². The number of fused-ring (bicyclic) bond motifs is 1. The lowest BCUT2D eigenvalue weighted by Gasteiger charge is -2.12. The average Bonchev–Trinajstić information content (AvgIpc) is 2.72. The lowest BCUT2D eigenvalue weighted by Crippen LogP contribution is -2.49. The molecule has 0 aliphatic heterocycles. The number of aryl methyl sites for hydroxylation is 1. The number of ether oxygens (including phenoxy) is 1. The molecule has 0 aliphatic carbocycles. The van der Waals surface area contributed by atoms with Crippen molar-refractivity contribution in [2.75, 3.05) is 6.61 Å². The van der Waals surface area contributed by atoms with Crippen molar-refractivity contribution in [3.63, 3.8) is 0 Å². The molecule has 0 heterocycles. The maximum atomic E-state index is 12.2. The maximum absolute atomic E-state index is 12.2. The number of halogens is 1. The number of rotatable bonds is 4. The van der Waals surface area contributed by atoms with Crippen LogP contribution in [0.2, 0.25) is 0 Å². The van der Waals surface area contributed by atoms with Crippen LogP contribution in [0.4, 0.5) is 0 Å². The van der Waals surface area contributed by atoms with Crippen molar-refractivity contribution in [2.24, 2.45) is 0 Å². The molecule has 6 nitrogen and oxygen atoms in total. The molecule has 3 aromatic rings. The molecule has 0 saturated carbocycles. The summed E-state index contributed by atoms with van der Waals surface area (Å²) in [5, 5.41) is 4.62. The fraction of sp³-hybridized carbons (Fsp3) is 0.0952. The lowest BCUT2D eigenvalue weighted by molar-refractivity contribution is -0.123. The summed E-state index contributed by atoms with van der Waals surface area (Å²) >= 11 is 7.20. The molecule has 29 heavy (non-hydrogen) atoms. The van der Waals surface area contributed by atoms with Gasteiger partial charge in [-0.25, -0.2) is 0 Å². The highest BCUT2D eigenvalue weighted by Crippen LogP contribution is 2.20. The van der Waals surface area contributed by atoms with E-state index in [4.69, 9.17) is 17.0 Å². The van der Waals surface area contributed by atoms with Gasteiger partial charge in [0.2, 0.25) is 0 Å². The summed E-state index contributed by atoms with van der Waals surface area (Å²) in [7, 11) is 0. The van der Waals surface area contributed by atoms with Gasteiger partial charge in [0.05, 0.1) is 0 Å². The zero-order valence-corrected chi connectivity index (χ0v) is 18.5. The second-order valence-electron chi connectivity index (χ2n) is 6.22. The van der Waals surface area contributed by atoms with Crippen LogP contribution in [0.5, 0.6) is 5.75 Å². The fourth-order valence-corrected chi connectivity index (χ4v) is 3.17. The molecule has 0 atom stereocenters. The largest absolute Gasteiger partial charge is 0.484 e. The van der Waals surface area contributed by atoms with Crippen molar-refractivity contribution in [2.45, 2.75) is 6.92 Å². The van der Waals surface area contributed by atoms with Gasteiger partial charge in [0, 0.05) is 9.13 Å². The molecule has 0 aliphatic rings. The third-order valence-corrected chi connectivity index (χ3v) is 5.43. The van der Waals surface area contributed by atoms with E-state index >= 15 is 0 Å². The first-order chi connectivity index (χ1) is 13.9. The number of thiocarbonyl (C=S) groups is 1. The van der Waals surface area contributed by atoms with Crippen molar-refractivity contribution in [1.29, 1.82) is 0 Å². The van der Waals surface area contributed by atoms with Gasteiger partial charge in [0.1, 0.15) is 5.75 Å². The molecular weight excluding hydrogens is 501 g/mol. The summed E-state index contributed by atoms with van der Waals surface area (Å²) in [6, 6.07) is 18.8. The minimum absolute atomic E-state index is 0.00959. The van der Waals surface area contributed by atoms with E-state index in [2.05, 4.69) is 38.8 Å². The van der Waals surface area contributed by atoms with E-state index in [0.29, 0.717) is 11.3 Å². The number of carbonyl (C=O) groups is 2. The Hall–Kier alpha value is -2.72. The molecule has 2 amide bonds. The number of hydrogen-bond donors (Lipinski definition) is 3. The monoisotopic (exact) mass is 519 g/mol. The molecule has 0 aromatic heterocycles. The van der Waals surface area contributed by atoms with Crippen LogP contribution in [0.3, 0.4) is 0 Å². The lowest BCUT2D eigenvalue weighted by atomic mass is 10.1. The molecule has 148 valence electrons. The van der Waals surface area contributed by atoms with Gasteiger partial charge in [-0.2, -0.15) is 0 Å². The number of hydrazine groups is 1. The first-order valence-electron chi connectivity index (χ1n) is 8.70. The maximum Gasteiger partial charge on any atom is 0.276 e. The zero-order valence-electron chi connectivity index (χ0n) is 15.5. The number of amides is 2. The highest BCUT2D eigenvalue weighted by Gasteiger charge is 2.10. The average molecular weight is 519 g/mol. The second-order valence-corrected chi connectivity index (χ2v) is 7.79. The predicted molar refractivity (Wildman–Crippen MR) is 125 cm³/mol. The summed E-state index contributed by atoms with van der Waals surface area (Å²) in [5.74, 6) is -0.203. The Bertz CT molecular complexity index is 1090. The molecule has 0 radical (unpaired) electrons. The van der Waals surface area contributed by atoms with Gasteiger partial charge in [-0.15, -0.1) is 0 Å². The van der Waals surface area contributed by atoms with Crippen LogP contribution >= 0.6 is 34.8 Å². The van der Waals surface area contributed by atoms with Crippen LogP contribution in [0.1, 0.15) is 15.9 Å². The summed E-state index contributed by atoms with van der Waals surface area (Å²) in [4.78, 5) is 24.2. The van der Waals surface area contributed by atoms with E-state index in [1.165, 1.54) is 0 Å². The van der Waals surface area contributed by atoms with Crippen LogP contribution in [-0.4, -0.2) is 23.5 Å². The summed E-state index contributed by atoms with van der Waals surface area (Å²) in [5.41, 5.74) is 6.46. The summed E-state index contributed by atoms with van der Waals surface area (Å²) < 4.78 is 6.48. The van der Waals surface area contributed by atoms with Gasteiger partial charge in [-0.05, 0) is 82.3 Å². The Morgan fingerprint density at radius 3 is 2.52 bits per heavy atom. The highest BCUT2D eigenvalue weighted by atomic mass is 127. The Morgan fingerprint density at radius 1 is 1.00 bits per heavy atom. The molecule has 0 spiro atoms. The van der Waals surface area contributed by atoms with Crippen molar-refractivity contribution >= 4 is 62.5 Å². The Kier molecular flexibility index (Phi) is 6.99. The van der Waals surface area contributed by atoms with Gasteiger partial charge < -0.3 is 4.74 Å². The van der Waals surface area contributed by atoms with Crippen LogP contribution in [0, 0.1) is 10.5 Å². The van der Waals surface area contributed by atoms with Crippen molar-refractivity contribution < 1.29 is 14.3 Å². The Labute approximate surface area is 187 Å². The predicted octanol–water partition coefficient (Wildman–Crippen LogP) is 3.47. The van der Waals surface area contributed by atoms with E-state index in [1.54, 1.807) is 18.2 Å². The van der Waals surface area contributed by atoms with Gasteiger partial charge in [-0.1, -0.05) is 36.4 Å². The second kappa shape index (κ2) is 9.66. The SMILES string of the molecule is Cc1ccc(C(=O)NC(=S)NNC(=O)COc2ccc3ccccc3c2)cc1I. The van der Waals surface area contributed by atoms with Gasteiger partial charge in [-0.3, -0.25) is 25.8 Å². The first kappa shape index (κ1) is 21.0. The van der Waals surface area contributed by atoms with Crippen molar-refractivity contribution in [3.8, 4) is 5.75 Å². The van der Waals surface area contributed by atoms with E-state index in [1.807, 2.05) is 49.4 Å². The van der Waals surface area contributed by atoms with Gasteiger partial charge >= 0.3 is 0 Å². The molecule has 3 N–H and O–H groups in total. The molecular formula is C21H18IN3O3S. The number of nitrogens with one attached hydrogen (secondary N) is 3. The van der Waals surface area contributed by atoms with Crippen LogP contribution in [-0.2, 0) is 4.79 Å². The minimum Gasteiger partial charge on any atom is -0.484 e. The Balaban J connectivity index is 1.45. The van der Waals surface area contributed by atoms with Crippen LogP contribution in [0.15, 0.2) is 60.7 Å². The summed E-state index contributed by atoms with van der Waals surface area (Å²) in [6.45, 7) is 1.77. The normalized spacial score (nSPS) is 10.3. The number of hydrogen-bond acceptors (Lipinski definition) is 4. The van der Waals surface area contributed by atoms with Crippen LogP contribution < -0.4 is 20.9 Å². The third-order valence-electron chi connectivity index (χ3n) is 4.07. The molecule has 0 fully saturated rings. The van der Waals surface area contributed by atoms with Crippen molar-refractivity contribution in [1.82, 2.24) is 16.2 Å². The van der Waals surface area contributed by atoms with Gasteiger partial charge in [0.25, 0.3) is 11.8 Å². The smallest absolute Gasteiger partial charge is 0.276 e. The van der Waals surface area contributed by atoms with E-state index in [9.17, 15) is 9.59 Å².